The number of hydrogen-bond donors (Lipinski definition) is 2. The topological polar surface area (TPSA) is 55.1 Å². The lowest BCUT2D eigenvalue weighted by Crippen LogP contribution is -2.12. The first-order valence-electron chi connectivity index (χ1n) is 6.48. The fraction of sp³-hybridized carbons (Fsp3) is 0. The minimum atomic E-state index is -0.529. The average molecular weight is 280 g/mol. The van der Waals surface area contributed by atoms with Crippen LogP contribution in [0.5, 0.6) is 0 Å². The number of anilines is 2. The Hall–Kier alpha value is -2.88. The van der Waals surface area contributed by atoms with Crippen LogP contribution in [-0.2, 0) is 0 Å². The molecule has 3 aromatic carbocycles. The number of benzene rings is 3. The predicted octanol–water partition coefficient (Wildman–Crippen LogP) is 3.81. The van der Waals surface area contributed by atoms with Crippen molar-refractivity contribution < 1.29 is 9.18 Å². The van der Waals surface area contributed by atoms with Gasteiger partial charge in [0.25, 0.3) is 5.91 Å². The second kappa shape index (κ2) is 5.25. The van der Waals surface area contributed by atoms with E-state index in [4.69, 9.17) is 5.73 Å². The summed E-state index contributed by atoms with van der Waals surface area (Å²) in [5.74, 6) is -0.921. The summed E-state index contributed by atoms with van der Waals surface area (Å²) in [7, 11) is 0. The monoisotopic (exact) mass is 280 g/mol. The molecule has 0 unspecified atom stereocenters. The zero-order valence-electron chi connectivity index (χ0n) is 11.1. The fourth-order valence-corrected chi connectivity index (χ4v) is 2.21. The third kappa shape index (κ3) is 2.84. The van der Waals surface area contributed by atoms with Crippen molar-refractivity contribution >= 4 is 28.1 Å². The number of rotatable bonds is 2. The van der Waals surface area contributed by atoms with Crippen LogP contribution in [0.3, 0.4) is 0 Å². The normalized spacial score (nSPS) is 10.5. The Bertz CT molecular complexity index is 810. The zero-order chi connectivity index (χ0) is 14.8. The maximum atomic E-state index is 13.3. The van der Waals surface area contributed by atoms with Crippen LogP contribution in [0.15, 0.2) is 60.7 Å². The minimum absolute atomic E-state index is 0.195. The van der Waals surface area contributed by atoms with E-state index in [1.165, 1.54) is 12.1 Å². The van der Waals surface area contributed by atoms with E-state index in [0.717, 1.165) is 16.8 Å². The molecule has 0 saturated heterocycles. The van der Waals surface area contributed by atoms with Crippen molar-refractivity contribution in [1.82, 2.24) is 0 Å². The van der Waals surface area contributed by atoms with E-state index in [9.17, 15) is 9.18 Å². The molecule has 0 aliphatic carbocycles. The van der Waals surface area contributed by atoms with Crippen molar-refractivity contribution in [1.29, 1.82) is 0 Å². The van der Waals surface area contributed by atoms with Crippen LogP contribution in [0.25, 0.3) is 10.8 Å². The molecule has 0 heterocycles. The number of nitrogen functional groups attached to an aromatic ring is 1. The van der Waals surface area contributed by atoms with Crippen molar-refractivity contribution in [2.45, 2.75) is 0 Å². The molecule has 3 rings (SSSR count). The Morgan fingerprint density at radius 1 is 0.952 bits per heavy atom. The van der Waals surface area contributed by atoms with E-state index in [0.29, 0.717) is 5.69 Å². The van der Waals surface area contributed by atoms with Crippen LogP contribution in [0, 0.1) is 5.82 Å². The van der Waals surface area contributed by atoms with Crippen LogP contribution < -0.4 is 11.1 Å². The van der Waals surface area contributed by atoms with Gasteiger partial charge < -0.3 is 11.1 Å². The largest absolute Gasteiger partial charge is 0.399 e. The van der Waals surface area contributed by atoms with Gasteiger partial charge in [0.1, 0.15) is 5.82 Å². The van der Waals surface area contributed by atoms with Gasteiger partial charge in [-0.3, -0.25) is 4.79 Å². The summed E-state index contributed by atoms with van der Waals surface area (Å²) in [4.78, 5) is 12.1. The van der Waals surface area contributed by atoms with E-state index in [-0.39, 0.29) is 11.3 Å². The molecule has 1 amide bonds. The average Bonchev–Trinajstić information content (AvgIpc) is 2.46. The van der Waals surface area contributed by atoms with Crippen LogP contribution >= 0.6 is 0 Å². The van der Waals surface area contributed by atoms with Crippen molar-refractivity contribution in [2.75, 3.05) is 11.1 Å². The first kappa shape index (κ1) is 13.1. The number of nitrogens with two attached hydrogens (primary N) is 1. The Morgan fingerprint density at radius 2 is 1.71 bits per heavy atom. The molecule has 3 N–H and O–H groups in total. The SMILES string of the molecule is Nc1cc(F)cc(C(=O)Nc2ccc3ccccc3c2)c1. The molecule has 0 bridgehead atoms. The van der Waals surface area contributed by atoms with E-state index in [2.05, 4.69) is 5.32 Å². The number of amides is 1. The van der Waals surface area contributed by atoms with Crippen molar-refractivity contribution in [2.24, 2.45) is 0 Å². The summed E-state index contributed by atoms with van der Waals surface area (Å²) in [6.07, 6.45) is 0. The maximum absolute atomic E-state index is 13.3. The Morgan fingerprint density at radius 3 is 2.48 bits per heavy atom. The Kier molecular flexibility index (Phi) is 3.28. The summed E-state index contributed by atoms with van der Waals surface area (Å²) in [6, 6.07) is 17.2. The van der Waals surface area contributed by atoms with Crippen LogP contribution in [0.1, 0.15) is 10.4 Å². The van der Waals surface area contributed by atoms with Gasteiger partial charge in [0.2, 0.25) is 0 Å². The predicted molar refractivity (Wildman–Crippen MR) is 82.7 cm³/mol. The maximum Gasteiger partial charge on any atom is 0.255 e. The van der Waals surface area contributed by atoms with E-state index in [1.54, 1.807) is 0 Å². The second-order valence-electron chi connectivity index (χ2n) is 4.79. The molecule has 0 atom stereocenters. The molecule has 3 nitrogen and oxygen atoms in total. The van der Waals surface area contributed by atoms with Crippen LogP contribution in [-0.4, -0.2) is 5.91 Å². The lowest BCUT2D eigenvalue weighted by atomic mass is 10.1. The summed E-state index contributed by atoms with van der Waals surface area (Å²) >= 11 is 0. The number of carbonyl (C=O) groups is 1. The molecule has 0 spiro atoms. The van der Waals surface area contributed by atoms with E-state index in [1.807, 2.05) is 42.5 Å². The van der Waals surface area contributed by atoms with Crippen LogP contribution in [0.2, 0.25) is 0 Å². The van der Waals surface area contributed by atoms with Gasteiger partial charge in [0.15, 0.2) is 0 Å². The van der Waals surface area contributed by atoms with Gasteiger partial charge in [-0.2, -0.15) is 0 Å². The Labute approximate surface area is 121 Å². The van der Waals surface area contributed by atoms with Crippen molar-refractivity contribution in [3.8, 4) is 0 Å². The molecule has 0 saturated carbocycles. The van der Waals surface area contributed by atoms with Gasteiger partial charge in [-0.25, -0.2) is 4.39 Å². The first-order valence-corrected chi connectivity index (χ1v) is 6.48. The molecule has 104 valence electrons. The van der Waals surface area contributed by atoms with E-state index < -0.39 is 11.7 Å². The van der Waals surface area contributed by atoms with Gasteiger partial charge in [-0.05, 0) is 41.1 Å². The highest BCUT2D eigenvalue weighted by Gasteiger charge is 2.09. The smallest absolute Gasteiger partial charge is 0.255 e. The molecule has 0 aromatic heterocycles. The molecular weight excluding hydrogens is 267 g/mol. The highest BCUT2D eigenvalue weighted by molar-refractivity contribution is 6.05. The number of hydrogen-bond acceptors (Lipinski definition) is 2. The third-order valence-electron chi connectivity index (χ3n) is 3.19. The van der Waals surface area contributed by atoms with Gasteiger partial charge >= 0.3 is 0 Å². The fourth-order valence-electron chi connectivity index (χ4n) is 2.21. The quantitative estimate of drug-likeness (QED) is 0.701. The molecule has 0 aliphatic heterocycles. The number of halogens is 1. The van der Waals surface area contributed by atoms with Gasteiger partial charge in [-0.15, -0.1) is 0 Å². The van der Waals surface area contributed by atoms with Gasteiger partial charge in [-0.1, -0.05) is 30.3 Å². The lowest BCUT2D eigenvalue weighted by molar-refractivity contribution is 0.102. The molecule has 21 heavy (non-hydrogen) atoms. The summed E-state index contributed by atoms with van der Waals surface area (Å²) in [5.41, 5.74) is 6.62. The Balaban J connectivity index is 1.88. The zero-order valence-corrected chi connectivity index (χ0v) is 11.1. The molecule has 0 radical (unpaired) electrons. The third-order valence-corrected chi connectivity index (χ3v) is 3.19. The first-order chi connectivity index (χ1) is 10.1. The highest BCUT2D eigenvalue weighted by Crippen LogP contribution is 2.20. The molecule has 0 fully saturated rings. The second-order valence-corrected chi connectivity index (χ2v) is 4.79. The van der Waals surface area contributed by atoms with Crippen LogP contribution in [0.4, 0.5) is 15.8 Å². The lowest BCUT2D eigenvalue weighted by Gasteiger charge is -2.07. The summed E-state index contributed by atoms with van der Waals surface area (Å²) in [6.45, 7) is 0. The van der Waals surface area contributed by atoms with E-state index >= 15 is 0 Å². The molecule has 3 aromatic rings. The van der Waals surface area contributed by atoms with Crippen molar-refractivity contribution in [3.63, 3.8) is 0 Å². The molecular formula is C17H13FN2O. The standard InChI is InChI=1S/C17H13FN2O/c18-14-7-13(8-15(19)10-14)17(21)20-16-6-5-11-3-1-2-4-12(11)9-16/h1-10H,19H2,(H,20,21). The molecule has 4 heteroatoms. The summed E-state index contributed by atoms with van der Waals surface area (Å²) < 4.78 is 13.3. The highest BCUT2D eigenvalue weighted by atomic mass is 19.1. The van der Waals surface area contributed by atoms with Crippen molar-refractivity contribution in [3.05, 3.63) is 72.0 Å². The minimum Gasteiger partial charge on any atom is -0.399 e. The van der Waals surface area contributed by atoms with Gasteiger partial charge in [0.05, 0.1) is 0 Å². The summed E-state index contributed by atoms with van der Waals surface area (Å²) in [5, 5.41) is 4.85. The number of fused-ring (bicyclic) bond motifs is 1. The molecule has 0 aliphatic rings. The number of nitrogens with one attached hydrogen (secondary N) is 1. The van der Waals surface area contributed by atoms with Gasteiger partial charge in [0, 0.05) is 16.9 Å². The number of carbonyl (C=O) groups excluding carboxylic acids is 1.